The van der Waals surface area contributed by atoms with E-state index in [1.165, 1.54) is 5.56 Å². The van der Waals surface area contributed by atoms with Gasteiger partial charge in [-0.2, -0.15) is 0 Å². The van der Waals surface area contributed by atoms with E-state index in [4.69, 9.17) is 4.74 Å². The summed E-state index contributed by atoms with van der Waals surface area (Å²) in [7, 11) is 0. The predicted molar refractivity (Wildman–Crippen MR) is 78.8 cm³/mol. The van der Waals surface area contributed by atoms with Gasteiger partial charge in [0.15, 0.2) is 0 Å². The minimum atomic E-state index is 0.0314. The number of nitrogens with one attached hydrogen (secondary N) is 1. The van der Waals surface area contributed by atoms with Crippen molar-refractivity contribution >= 4 is 5.91 Å². The maximum absolute atomic E-state index is 12.1. The number of carbonyl (C=O) groups excluding carboxylic acids is 1. The Hall–Kier alpha value is -2.28. The summed E-state index contributed by atoms with van der Waals surface area (Å²) < 4.78 is 7.33. The van der Waals surface area contributed by atoms with Crippen LogP contribution in [0.4, 0.5) is 0 Å². The molecule has 0 bridgehead atoms. The molecule has 1 saturated heterocycles. The zero-order valence-electron chi connectivity index (χ0n) is 12.3. The average molecular weight is 301 g/mol. The Morgan fingerprint density at radius 1 is 1.27 bits per heavy atom. The van der Waals surface area contributed by atoms with Gasteiger partial charge in [0, 0.05) is 31.3 Å². The molecule has 2 atom stereocenters. The Bertz CT molecular complexity index is 587. The smallest absolute Gasteiger partial charge is 0.222 e. The molecule has 0 saturated carbocycles. The molecule has 116 valence electrons. The van der Waals surface area contributed by atoms with E-state index in [2.05, 4.69) is 20.5 Å². The normalized spacial score (nSPS) is 20.9. The van der Waals surface area contributed by atoms with Gasteiger partial charge in [-0.15, -0.1) is 10.2 Å². The first-order chi connectivity index (χ1) is 10.8. The summed E-state index contributed by atoms with van der Waals surface area (Å²) in [5.41, 5.74) is 1.22. The topological polar surface area (TPSA) is 81.9 Å². The van der Waals surface area contributed by atoms with Gasteiger partial charge in [-0.3, -0.25) is 9.78 Å². The third kappa shape index (κ3) is 3.88. The SMILES string of the molecule is O=C(CCn1cnnc1)N[C@@H]1COC[C@H]1Cc1ccncc1. The second-order valence-electron chi connectivity index (χ2n) is 5.48. The van der Waals surface area contributed by atoms with Crippen molar-refractivity contribution in [2.75, 3.05) is 13.2 Å². The van der Waals surface area contributed by atoms with Crippen molar-refractivity contribution in [2.45, 2.75) is 25.4 Å². The van der Waals surface area contributed by atoms with Gasteiger partial charge in [0.05, 0.1) is 19.3 Å². The molecule has 22 heavy (non-hydrogen) atoms. The summed E-state index contributed by atoms with van der Waals surface area (Å²) in [5, 5.41) is 10.5. The minimum Gasteiger partial charge on any atom is -0.379 e. The van der Waals surface area contributed by atoms with E-state index in [-0.39, 0.29) is 11.9 Å². The zero-order valence-corrected chi connectivity index (χ0v) is 12.3. The first kappa shape index (κ1) is 14.6. The van der Waals surface area contributed by atoms with Crippen LogP contribution in [0.1, 0.15) is 12.0 Å². The number of rotatable bonds is 6. The number of pyridine rings is 1. The number of amides is 1. The van der Waals surface area contributed by atoms with Crippen LogP contribution in [-0.4, -0.2) is 44.9 Å². The Balaban J connectivity index is 1.49. The highest BCUT2D eigenvalue weighted by Crippen LogP contribution is 2.19. The summed E-state index contributed by atoms with van der Waals surface area (Å²) in [6.45, 7) is 1.84. The number of nitrogens with zero attached hydrogens (tertiary/aromatic N) is 4. The molecule has 1 fully saturated rings. The third-order valence-electron chi connectivity index (χ3n) is 3.86. The fourth-order valence-corrected chi connectivity index (χ4v) is 2.63. The second kappa shape index (κ2) is 7.13. The summed E-state index contributed by atoms with van der Waals surface area (Å²) in [6.07, 6.45) is 8.10. The molecule has 0 spiro atoms. The monoisotopic (exact) mass is 301 g/mol. The molecule has 1 aliphatic rings. The van der Waals surface area contributed by atoms with Crippen LogP contribution in [0.5, 0.6) is 0 Å². The zero-order chi connectivity index (χ0) is 15.2. The van der Waals surface area contributed by atoms with E-state index in [0.717, 1.165) is 6.42 Å². The molecule has 7 heteroatoms. The standard InChI is InChI=1S/C15H19N5O2/c21-15(3-6-20-10-17-18-11-20)19-14-9-22-8-13(14)7-12-1-4-16-5-2-12/h1-2,4-5,10-11,13-14H,3,6-9H2,(H,19,21)/t13-,14-/m1/s1. The highest BCUT2D eigenvalue weighted by Gasteiger charge is 2.29. The first-order valence-electron chi connectivity index (χ1n) is 7.39. The maximum atomic E-state index is 12.1. The van der Waals surface area contributed by atoms with E-state index >= 15 is 0 Å². The lowest BCUT2D eigenvalue weighted by Gasteiger charge is -2.19. The second-order valence-corrected chi connectivity index (χ2v) is 5.48. The van der Waals surface area contributed by atoms with Crippen LogP contribution >= 0.6 is 0 Å². The molecule has 0 aliphatic carbocycles. The van der Waals surface area contributed by atoms with Gasteiger partial charge in [-0.1, -0.05) is 0 Å². The lowest BCUT2D eigenvalue weighted by Crippen LogP contribution is -2.40. The van der Waals surface area contributed by atoms with E-state index in [9.17, 15) is 4.79 Å². The number of aromatic nitrogens is 4. The fraction of sp³-hybridized carbons (Fsp3) is 0.467. The van der Waals surface area contributed by atoms with E-state index in [1.807, 2.05) is 12.1 Å². The molecule has 0 radical (unpaired) electrons. The van der Waals surface area contributed by atoms with Crippen LogP contribution in [0.3, 0.4) is 0 Å². The van der Waals surface area contributed by atoms with Gasteiger partial charge in [-0.05, 0) is 24.1 Å². The van der Waals surface area contributed by atoms with Crippen molar-refractivity contribution in [1.29, 1.82) is 0 Å². The molecule has 2 aromatic heterocycles. The van der Waals surface area contributed by atoms with E-state index in [1.54, 1.807) is 29.6 Å². The molecule has 3 rings (SSSR count). The number of aryl methyl sites for hydroxylation is 1. The molecule has 0 unspecified atom stereocenters. The molecule has 1 amide bonds. The van der Waals surface area contributed by atoms with Crippen molar-refractivity contribution in [3.63, 3.8) is 0 Å². The molecule has 2 aromatic rings. The van der Waals surface area contributed by atoms with Crippen molar-refractivity contribution in [1.82, 2.24) is 25.1 Å². The lowest BCUT2D eigenvalue weighted by atomic mass is 9.95. The molecular formula is C15H19N5O2. The first-order valence-corrected chi connectivity index (χ1v) is 7.39. The van der Waals surface area contributed by atoms with Gasteiger partial charge < -0.3 is 14.6 Å². The van der Waals surface area contributed by atoms with Crippen LogP contribution in [0.25, 0.3) is 0 Å². The largest absolute Gasteiger partial charge is 0.379 e. The highest BCUT2D eigenvalue weighted by molar-refractivity contribution is 5.76. The predicted octanol–water partition coefficient (Wildman–Crippen LogP) is 0.437. The summed E-state index contributed by atoms with van der Waals surface area (Å²) in [6, 6.07) is 4.08. The Labute approximate surface area is 128 Å². The molecule has 3 heterocycles. The number of carbonyl (C=O) groups is 1. The molecule has 0 aromatic carbocycles. The Morgan fingerprint density at radius 3 is 2.82 bits per heavy atom. The van der Waals surface area contributed by atoms with Gasteiger partial charge in [0.25, 0.3) is 0 Å². The quantitative estimate of drug-likeness (QED) is 0.837. The van der Waals surface area contributed by atoms with Crippen LogP contribution < -0.4 is 5.32 Å². The average Bonchev–Trinajstić information content (AvgIpc) is 3.19. The highest BCUT2D eigenvalue weighted by atomic mass is 16.5. The van der Waals surface area contributed by atoms with Crippen molar-refractivity contribution in [3.8, 4) is 0 Å². The lowest BCUT2D eigenvalue weighted by molar-refractivity contribution is -0.122. The van der Waals surface area contributed by atoms with Gasteiger partial charge in [0.1, 0.15) is 12.7 Å². The Morgan fingerprint density at radius 2 is 2.05 bits per heavy atom. The maximum Gasteiger partial charge on any atom is 0.222 e. The van der Waals surface area contributed by atoms with Crippen molar-refractivity contribution < 1.29 is 9.53 Å². The molecular weight excluding hydrogens is 282 g/mol. The van der Waals surface area contributed by atoms with Gasteiger partial charge in [-0.25, -0.2) is 0 Å². The van der Waals surface area contributed by atoms with E-state index < -0.39 is 0 Å². The molecule has 1 N–H and O–H groups in total. The van der Waals surface area contributed by atoms with Crippen molar-refractivity contribution in [2.24, 2.45) is 5.92 Å². The van der Waals surface area contributed by atoms with Crippen LogP contribution in [-0.2, 0) is 22.5 Å². The number of ether oxygens (including phenoxy) is 1. The third-order valence-corrected chi connectivity index (χ3v) is 3.86. The van der Waals surface area contributed by atoms with Crippen LogP contribution in [0.15, 0.2) is 37.2 Å². The minimum absolute atomic E-state index is 0.0314. The molecule has 1 aliphatic heterocycles. The number of hydrogen-bond donors (Lipinski definition) is 1. The van der Waals surface area contributed by atoms with Crippen LogP contribution in [0.2, 0.25) is 0 Å². The Kier molecular flexibility index (Phi) is 4.75. The van der Waals surface area contributed by atoms with E-state index in [0.29, 0.717) is 32.1 Å². The fourth-order valence-electron chi connectivity index (χ4n) is 2.63. The van der Waals surface area contributed by atoms with Gasteiger partial charge in [0.2, 0.25) is 5.91 Å². The summed E-state index contributed by atoms with van der Waals surface area (Å²) >= 11 is 0. The summed E-state index contributed by atoms with van der Waals surface area (Å²) in [5.74, 6) is 0.338. The van der Waals surface area contributed by atoms with Gasteiger partial charge >= 0.3 is 0 Å². The van der Waals surface area contributed by atoms with Crippen LogP contribution in [0, 0.1) is 5.92 Å². The molecule has 7 nitrogen and oxygen atoms in total. The van der Waals surface area contributed by atoms with Crippen molar-refractivity contribution in [3.05, 3.63) is 42.7 Å². The number of hydrogen-bond acceptors (Lipinski definition) is 5. The summed E-state index contributed by atoms with van der Waals surface area (Å²) in [4.78, 5) is 16.1.